The fourth-order valence-electron chi connectivity index (χ4n) is 3.62. The first kappa shape index (κ1) is 16.5. The van der Waals surface area contributed by atoms with Gasteiger partial charge in [-0.25, -0.2) is 9.97 Å². The zero-order chi connectivity index (χ0) is 17.2. The quantitative estimate of drug-likeness (QED) is 0.892. The average Bonchev–Trinajstić information content (AvgIpc) is 3.31. The molecule has 0 spiro atoms. The maximum atomic E-state index is 9.99. The second-order valence-electron chi connectivity index (χ2n) is 7.00. The minimum Gasteiger partial charge on any atom is -0.387 e. The molecule has 2 aromatic rings. The van der Waals surface area contributed by atoms with Crippen LogP contribution in [0.25, 0.3) is 0 Å². The Morgan fingerprint density at radius 2 is 1.88 bits per heavy atom. The molecular weight excluding hydrogens is 316 g/mol. The molecule has 1 fully saturated rings. The Bertz CT molecular complexity index is 707. The highest BCUT2D eigenvalue weighted by atomic mass is 16.3. The number of fused-ring (bicyclic) bond motifs is 1. The van der Waals surface area contributed by atoms with Gasteiger partial charge in [0.1, 0.15) is 0 Å². The van der Waals surface area contributed by atoms with Crippen LogP contribution >= 0.6 is 0 Å². The first-order chi connectivity index (χ1) is 12.2. The van der Waals surface area contributed by atoms with E-state index in [0.29, 0.717) is 6.42 Å². The van der Waals surface area contributed by atoms with E-state index in [9.17, 15) is 5.11 Å². The Kier molecular flexibility index (Phi) is 4.67. The van der Waals surface area contributed by atoms with Gasteiger partial charge in [-0.3, -0.25) is 9.58 Å². The molecule has 0 bridgehead atoms. The van der Waals surface area contributed by atoms with Gasteiger partial charge in [0.2, 0.25) is 5.95 Å². The SMILES string of the molecule is CCC(O)c1cc2n(n1)CCN(Cc1cnc(N3CCCC3)nc1)C2. The van der Waals surface area contributed by atoms with Gasteiger partial charge in [0.15, 0.2) is 0 Å². The van der Waals surface area contributed by atoms with E-state index < -0.39 is 6.10 Å². The summed E-state index contributed by atoms with van der Waals surface area (Å²) in [6.07, 6.45) is 6.62. The Labute approximate surface area is 148 Å². The molecule has 2 aliphatic heterocycles. The fraction of sp³-hybridized carbons (Fsp3) is 0.611. The van der Waals surface area contributed by atoms with Crippen LogP contribution < -0.4 is 4.90 Å². The zero-order valence-corrected chi connectivity index (χ0v) is 14.8. The molecule has 1 atom stereocenters. The predicted octanol–water partition coefficient (Wildman–Crippen LogP) is 1.73. The smallest absolute Gasteiger partial charge is 0.225 e. The van der Waals surface area contributed by atoms with Gasteiger partial charge in [-0.05, 0) is 25.3 Å². The Balaban J connectivity index is 1.39. The topological polar surface area (TPSA) is 70.3 Å². The van der Waals surface area contributed by atoms with Crippen LogP contribution in [0.2, 0.25) is 0 Å². The normalized spacial score (nSPS) is 19.2. The van der Waals surface area contributed by atoms with Crippen molar-refractivity contribution in [1.82, 2.24) is 24.6 Å². The maximum absolute atomic E-state index is 9.99. The summed E-state index contributed by atoms with van der Waals surface area (Å²) in [6, 6.07) is 2.04. The Morgan fingerprint density at radius 3 is 2.60 bits per heavy atom. The number of rotatable bonds is 5. The summed E-state index contributed by atoms with van der Waals surface area (Å²) in [6.45, 7) is 7.61. The molecule has 2 aliphatic rings. The van der Waals surface area contributed by atoms with Crippen LogP contribution in [0.3, 0.4) is 0 Å². The van der Waals surface area contributed by atoms with Crippen LogP contribution in [-0.2, 0) is 19.6 Å². The van der Waals surface area contributed by atoms with E-state index in [1.54, 1.807) is 0 Å². The third-order valence-corrected chi connectivity index (χ3v) is 5.11. The molecule has 4 rings (SSSR count). The van der Waals surface area contributed by atoms with Gasteiger partial charge in [0.25, 0.3) is 0 Å². The molecule has 7 heteroatoms. The number of hydrogen-bond acceptors (Lipinski definition) is 6. The predicted molar refractivity (Wildman–Crippen MR) is 95.1 cm³/mol. The second-order valence-corrected chi connectivity index (χ2v) is 7.00. The molecule has 4 heterocycles. The minimum absolute atomic E-state index is 0.460. The number of anilines is 1. The summed E-state index contributed by atoms with van der Waals surface area (Å²) in [5.74, 6) is 0.858. The highest BCUT2D eigenvalue weighted by Crippen LogP contribution is 2.21. The number of aromatic nitrogens is 4. The van der Waals surface area contributed by atoms with Crippen LogP contribution in [0.15, 0.2) is 18.5 Å². The summed E-state index contributed by atoms with van der Waals surface area (Å²) >= 11 is 0. The van der Waals surface area contributed by atoms with Crippen molar-refractivity contribution in [3.05, 3.63) is 35.4 Å². The standard InChI is InChI=1S/C18H26N6O/c1-2-17(25)16-9-15-13-22(7-8-24(15)21-16)12-14-10-19-18(20-11-14)23-5-3-4-6-23/h9-11,17,25H,2-8,12-13H2,1H3. The van der Waals surface area contributed by atoms with Crippen LogP contribution in [0.5, 0.6) is 0 Å². The second kappa shape index (κ2) is 7.09. The fourth-order valence-corrected chi connectivity index (χ4v) is 3.62. The van der Waals surface area contributed by atoms with Crippen LogP contribution in [0, 0.1) is 0 Å². The summed E-state index contributed by atoms with van der Waals surface area (Å²) in [5.41, 5.74) is 3.10. The Hall–Kier alpha value is -1.99. The van der Waals surface area contributed by atoms with Crippen molar-refractivity contribution in [1.29, 1.82) is 0 Å². The van der Waals surface area contributed by atoms with E-state index in [1.165, 1.54) is 18.5 Å². The minimum atomic E-state index is -0.460. The largest absolute Gasteiger partial charge is 0.387 e. The van der Waals surface area contributed by atoms with Gasteiger partial charge >= 0.3 is 0 Å². The highest BCUT2D eigenvalue weighted by molar-refractivity contribution is 5.31. The highest BCUT2D eigenvalue weighted by Gasteiger charge is 2.21. The van der Waals surface area contributed by atoms with E-state index in [2.05, 4.69) is 24.9 Å². The molecule has 0 aliphatic carbocycles. The lowest BCUT2D eigenvalue weighted by Gasteiger charge is -2.27. The molecule has 0 amide bonds. The Morgan fingerprint density at radius 1 is 1.12 bits per heavy atom. The molecule has 2 aromatic heterocycles. The van der Waals surface area contributed by atoms with Gasteiger partial charge in [-0.15, -0.1) is 0 Å². The monoisotopic (exact) mass is 342 g/mol. The van der Waals surface area contributed by atoms with E-state index in [-0.39, 0.29) is 0 Å². The van der Waals surface area contributed by atoms with Gasteiger partial charge in [0.05, 0.1) is 24.0 Å². The number of nitrogens with zero attached hydrogens (tertiary/aromatic N) is 6. The molecule has 1 unspecified atom stereocenters. The van der Waals surface area contributed by atoms with Crippen molar-refractivity contribution >= 4 is 5.95 Å². The van der Waals surface area contributed by atoms with E-state index in [1.807, 2.05) is 30.1 Å². The summed E-state index contributed by atoms with van der Waals surface area (Å²) in [5, 5.41) is 14.5. The third-order valence-electron chi connectivity index (χ3n) is 5.11. The van der Waals surface area contributed by atoms with Crippen molar-refractivity contribution in [3.63, 3.8) is 0 Å². The molecule has 0 radical (unpaired) electrons. The van der Waals surface area contributed by atoms with Gasteiger partial charge in [0, 0.05) is 50.7 Å². The molecule has 7 nitrogen and oxygen atoms in total. The zero-order valence-electron chi connectivity index (χ0n) is 14.8. The lowest BCUT2D eigenvalue weighted by Crippen LogP contribution is -2.33. The number of aliphatic hydroxyl groups is 1. The maximum Gasteiger partial charge on any atom is 0.225 e. The summed E-state index contributed by atoms with van der Waals surface area (Å²) in [7, 11) is 0. The lowest BCUT2D eigenvalue weighted by atomic mass is 10.2. The van der Waals surface area contributed by atoms with Crippen molar-refractivity contribution in [2.24, 2.45) is 0 Å². The molecule has 134 valence electrons. The summed E-state index contributed by atoms with van der Waals surface area (Å²) < 4.78 is 2.03. The summed E-state index contributed by atoms with van der Waals surface area (Å²) in [4.78, 5) is 13.7. The van der Waals surface area contributed by atoms with Gasteiger partial charge in [-0.2, -0.15) is 5.10 Å². The van der Waals surface area contributed by atoms with E-state index in [0.717, 1.165) is 56.5 Å². The van der Waals surface area contributed by atoms with Crippen molar-refractivity contribution in [2.75, 3.05) is 24.5 Å². The van der Waals surface area contributed by atoms with Crippen molar-refractivity contribution in [3.8, 4) is 0 Å². The first-order valence-electron chi connectivity index (χ1n) is 9.26. The number of hydrogen-bond donors (Lipinski definition) is 1. The van der Waals surface area contributed by atoms with Gasteiger partial charge in [-0.1, -0.05) is 6.92 Å². The van der Waals surface area contributed by atoms with E-state index >= 15 is 0 Å². The van der Waals surface area contributed by atoms with Crippen molar-refractivity contribution in [2.45, 2.75) is 51.9 Å². The lowest BCUT2D eigenvalue weighted by molar-refractivity contribution is 0.166. The third kappa shape index (κ3) is 3.52. The van der Waals surface area contributed by atoms with Crippen LogP contribution in [0.1, 0.15) is 49.2 Å². The molecule has 0 saturated carbocycles. The first-order valence-corrected chi connectivity index (χ1v) is 9.26. The number of aliphatic hydroxyl groups excluding tert-OH is 1. The van der Waals surface area contributed by atoms with Crippen molar-refractivity contribution < 1.29 is 5.11 Å². The van der Waals surface area contributed by atoms with E-state index in [4.69, 9.17) is 0 Å². The molecular formula is C18H26N6O. The van der Waals surface area contributed by atoms with Gasteiger partial charge < -0.3 is 10.0 Å². The molecule has 0 aromatic carbocycles. The molecule has 25 heavy (non-hydrogen) atoms. The van der Waals surface area contributed by atoms with Crippen LogP contribution in [0.4, 0.5) is 5.95 Å². The molecule has 1 N–H and O–H groups in total. The average molecular weight is 342 g/mol. The molecule has 1 saturated heterocycles. The van der Waals surface area contributed by atoms with Crippen LogP contribution in [-0.4, -0.2) is 49.4 Å².